The maximum Gasteiger partial charge on any atom is 0.246 e. The Morgan fingerprint density at radius 3 is 2.55 bits per heavy atom. The summed E-state index contributed by atoms with van der Waals surface area (Å²) >= 11 is 3.37. The highest BCUT2D eigenvalue weighted by molar-refractivity contribution is 9.10. The van der Waals surface area contributed by atoms with Crippen molar-refractivity contribution in [3.05, 3.63) is 53.0 Å². The van der Waals surface area contributed by atoms with Crippen molar-refractivity contribution in [3.63, 3.8) is 0 Å². The summed E-state index contributed by atoms with van der Waals surface area (Å²) in [7, 11) is 0. The van der Waals surface area contributed by atoms with Crippen LogP contribution in [0, 0.1) is 0 Å². The zero-order chi connectivity index (χ0) is 15.9. The average Bonchev–Trinajstić information content (AvgIpc) is 2.51. The molecule has 0 aliphatic rings. The second kappa shape index (κ2) is 7.84. The van der Waals surface area contributed by atoms with Crippen LogP contribution in [0.25, 0.3) is 0 Å². The van der Waals surface area contributed by atoms with Gasteiger partial charge < -0.3 is 15.4 Å². The standard InChI is InChI=1S/C17H19BrN2O2/c1-3-22-16-7-5-4-6-15(16)19-12(2)17(21)20-14-10-8-13(18)9-11-14/h4-12,19H,3H2,1-2H3,(H,20,21)/t12-/m0/s1. The first-order valence-corrected chi connectivity index (χ1v) is 7.94. The summed E-state index contributed by atoms with van der Waals surface area (Å²) in [5.74, 6) is 0.641. The lowest BCUT2D eigenvalue weighted by Crippen LogP contribution is -2.32. The zero-order valence-electron chi connectivity index (χ0n) is 12.6. The molecular weight excluding hydrogens is 344 g/mol. The molecule has 4 nitrogen and oxygen atoms in total. The minimum absolute atomic E-state index is 0.103. The fourth-order valence-electron chi connectivity index (χ4n) is 1.95. The first-order chi connectivity index (χ1) is 10.6. The lowest BCUT2D eigenvalue weighted by molar-refractivity contribution is -0.116. The summed E-state index contributed by atoms with van der Waals surface area (Å²) in [6, 6.07) is 14.7. The number of anilines is 2. The lowest BCUT2D eigenvalue weighted by atomic mass is 10.2. The number of hydrogen-bond donors (Lipinski definition) is 2. The lowest BCUT2D eigenvalue weighted by Gasteiger charge is -2.17. The summed E-state index contributed by atoms with van der Waals surface area (Å²) in [5, 5.41) is 6.06. The Balaban J connectivity index is 2.00. The molecule has 116 valence electrons. The molecule has 0 aliphatic heterocycles. The zero-order valence-corrected chi connectivity index (χ0v) is 14.2. The second-order valence-electron chi connectivity index (χ2n) is 4.79. The van der Waals surface area contributed by atoms with Gasteiger partial charge in [0, 0.05) is 10.2 Å². The van der Waals surface area contributed by atoms with Crippen molar-refractivity contribution in [1.82, 2.24) is 0 Å². The summed E-state index contributed by atoms with van der Waals surface area (Å²) in [6.45, 7) is 4.33. The van der Waals surface area contributed by atoms with E-state index in [1.807, 2.05) is 62.4 Å². The van der Waals surface area contributed by atoms with Gasteiger partial charge in [-0.3, -0.25) is 4.79 Å². The highest BCUT2D eigenvalue weighted by Gasteiger charge is 2.14. The van der Waals surface area contributed by atoms with Gasteiger partial charge in [0.2, 0.25) is 5.91 Å². The van der Waals surface area contributed by atoms with Crippen LogP contribution >= 0.6 is 15.9 Å². The van der Waals surface area contributed by atoms with Crippen LogP contribution in [-0.4, -0.2) is 18.6 Å². The van der Waals surface area contributed by atoms with Crippen LogP contribution in [-0.2, 0) is 4.79 Å². The molecule has 0 saturated heterocycles. The quantitative estimate of drug-likeness (QED) is 0.805. The number of hydrogen-bond acceptors (Lipinski definition) is 3. The van der Waals surface area contributed by atoms with E-state index in [2.05, 4.69) is 26.6 Å². The molecule has 0 heterocycles. The molecule has 22 heavy (non-hydrogen) atoms. The fourth-order valence-corrected chi connectivity index (χ4v) is 2.21. The third kappa shape index (κ3) is 4.49. The van der Waals surface area contributed by atoms with E-state index in [0.717, 1.165) is 21.6 Å². The summed E-state index contributed by atoms with van der Waals surface area (Å²) < 4.78 is 6.52. The van der Waals surface area contributed by atoms with Gasteiger partial charge in [-0.1, -0.05) is 28.1 Å². The molecule has 2 rings (SSSR count). The molecule has 1 atom stereocenters. The number of carbonyl (C=O) groups is 1. The molecule has 5 heteroatoms. The predicted octanol–water partition coefficient (Wildman–Crippen LogP) is 4.29. The van der Waals surface area contributed by atoms with E-state index in [9.17, 15) is 4.79 Å². The SMILES string of the molecule is CCOc1ccccc1N[C@@H](C)C(=O)Nc1ccc(Br)cc1. The third-order valence-corrected chi connectivity index (χ3v) is 3.59. The number of rotatable bonds is 6. The molecule has 0 saturated carbocycles. The molecule has 0 aliphatic carbocycles. The Hall–Kier alpha value is -2.01. The second-order valence-corrected chi connectivity index (χ2v) is 5.71. The minimum atomic E-state index is -0.384. The smallest absolute Gasteiger partial charge is 0.246 e. The molecule has 0 unspecified atom stereocenters. The predicted molar refractivity (Wildman–Crippen MR) is 93.5 cm³/mol. The average molecular weight is 363 g/mol. The third-order valence-electron chi connectivity index (χ3n) is 3.06. The van der Waals surface area contributed by atoms with E-state index >= 15 is 0 Å². The first kappa shape index (κ1) is 16.4. The van der Waals surface area contributed by atoms with Gasteiger partial charge in [0.05, 0.1) is 12.3 Å². The van der Waals surface area contributed by atoms with Crippen LogP contribution in [0.3, 0.4) is 0 Å². The molecule has 0 aromatic heterocycles. The Kier molecular flexibility index (Phi) is 5.83. The molecule has 2 aromatic carbocycles. The number of carbonyl (C=O) groups excluding carboxylic acids is 1. The van der Waals surface area contributed by atoms with Gasteiger partial charge in [-0.25, -0.2) is 0 Å². The van der Waals surface area contributed by atoms with E-state index < -0.39 is 0 Å². The fraction of sp³-hybridized carbons (Fsp3) is 0.235. The number of para-hydroxylation sites is 2. The summed E-state index contributed by atoms with van der Waals surface area (Å²) in [6.07, 6.45) is 0. The van der Waals surface area contributed by atoms with Gasteiger partial charge in [0.25, 0.3) is 0 Å². The van der Waals surface area contributed by atoms with Gasteiger partial charge in [-0.05, 0) is 50.2 Å². The Labute approximate surface area is 139 Å². The molecule has 0 bridgehead atoms. The summed E-state index contributed by atoms with van der Waals surface area (Å²) in [4.78, 5) is 12.2. The largest absolute Gasteiger partial charge is 0.492 e. The van der Waals surface area contributed by atoms with Gasteiger partial charge in [-0.15, -0.1) is 0 Å². The van der Waals surface area contributed by atoms with Gasteiger partial charge >= 0.3 is 0 Å². The Morgan fingerprint density at radius 1 is 1.18 bits per heavy atom. The van der Waals surface area contributed by atoms with Crippen molar-refractivity contribution in [2.45, 2.75) is 19.9 Å². The van der Waals surface area contributed by atoms with Crippen LogP contribution in [0.15, 0.2) is 53.0 Å². The Morgan fingerprint density at radius 2 is 1.86 bits per heavy atom. The van der Waals surface area contributed by atoms with Crippen LogP contribution < -0.4 is 15.4 Å². The number of nitrogens with one attached hydrogen (secondary N) is 2. The maximum atomic E-state index is 12.2. The highest BCUT2D eigenvalue weighted by atomic mass is 79.9. The van der Waals surface area contributed by atoms with Gasteiger partial charge in [-0.2, -0.15) is 0 Å². The van der Waals surface area contributed by atoms with Crippen LogP contribution in [0.2, 0.25) is 0 Å². The van der Waals surface area contributed by atoms with E-state index in [0.29, 0.717) is 6.61 Å². The number of ether oxygens (including phenoxy) is 1. The molecule has 0 fully saturated rings. The number of amides is 1. The first-order valence-electron chi connectivity index (χ1n) is 7.15. The molecule has 0 spiro atoms. The van der Waals surface area contributed by atoms with E-state index in [1.165, 1.54) is 0 Å². The highest BCUT2D eigenvalue weighted by Crippen LogP contribution is 2.24. The number of halogens is 1. The molecule has 2 aromatic rings. The monoisotopic (exact) mass is 362 g/mol. The number of benzene rings is 2. The minimum Gasteiger partial charge on any atom is -0.492 e. The maximum absolute atomic E-state index is 12.2. The molecule has 1 amide bonds. The van der Waals surface area contributed by atoms with Crippen molar-refractivity contribution in [1.29, 1.82) is 0 Å². The van der Waals surface area contributed by atoms with Crippen molar-refractivity contribution in [2.24, 2.45) is 0 Å². The molecule has 0 radical (unpaired) electrons. The van der Waals surface area contributed by atoms with Crippen molar-refractivity contribution < 1.29 is 9.53 Å². The van der Waals surface area contributed by atoms with Crippen LogP contribution in [0.1, 0.15) is 13.8 Å². The van der Waals surface area contributed by atoms with E-state index in [-0.39, 0.29) is 11.9 Å². The van der Waals surface area contributed by atoms with Crippen molar-refractivity contribution in [2.75, 3.05) is 17.2 Å². The van der Waals surface area contributed by atoms with E-state index in [1.54, 1.807) is 0 Å². The topological polar surface area (TPSA) is 50.4 Å². The molecular formula is C17H19BrN2O2. The van der Waals surface area contributed by atoms with E-state index in [4.69, 9.17) is 4.74 Å². The summed E-state index contributed by atoms with van der Waals surface area (Å²) in [5.41, 5.74) is 1.57. The molecule has 2 N–H and O–H groups in total. The normalized spacial score (nSPS) is 11.6. The van der Waals surface area contributed by atoms with Gasteiger partial charge in [0.1, 0.15) is 11.8 Å². The Bertz CT molecular complexity index is 629. The van der Waals surface area contributed by atoms with Crippen LogP contribution in [0.4, 0.5) is 11.4 Å². The van der Waals surface area contributed by atoms with Gasteiger partial charge in [0.15, 0.2) is 0 Å². The van der Waals surface area contributed by atoms with Crippen molar-refractivity contribution >= 4 is 33.2 Å². The van der Waals surface area contributed by atoms with Crippen LogP contribution in [0.5, 0.6) is 5.75 Å². The van der Waals surface area contributed by atoms with Crippen molar-refractivity contribution in [3.8, 4) is 5.75 Å².